The predicted molar refractivity (Wildman–Crippen MR) is 74.2 cm³/mol. The van der Waals surface area contributed by atoms with Crippen LogP contribution in [0.5, 0.6) is 0 Å². The lowest BCUT2D eigenvalue weighted by Crippen LogP contribution is -2.28. The highest BCUT2D eigenvalue weighted by Crippen LogP contribution is 2.20. The molecule has 0 spiro atoms. The zero-order chi connectivity index (χ0) is 12.8. The number of amides is 1. The minimum absolute atomic E-state index is 0.0571. The van der Waals surface area contributed by atoms with Crippen molar-refractivity contribution in [2.24, 2.45) is 0 Å². The van der Waals surface area contributed by atoms with Crippen molar-refractivity contribution in [3.8, 4) is 0 Å². The van der Waals surface area contributed by atoms with Gasteiger partial charge in [0.05, 0.1) is 12.7 Å². The third kappa shape index (κ3) is 4.03. The summed E-state index contributed by atoms with van der Waals surface area (Å²) >= 11 is 4.18. The molecule has 1 fully saturated rings. The molecule has 1 aromatic carbocycles. The second-order valence-corrected chi connectivity index (χ2v) is 5.10. The standard InChI is InChI=1S/C14H19NO2S/c16-14(11-5-7-13(18)8-6-11)15-9-10-17-12-3-1-2-4-12/h5-8,12,18H,1-4,9-10H2,(H,15,16). The molecule has 0 radical (unpaired) electrons. The quantitative estimate of drug-likeness (QED) is 0.634. The highest BCUT2D eigenvalue weighted by Gasteiger charge is 2.14. The lowest BCUT2D eigenvalue weighted by atomic mass is 10.2. The number of thiol groups is 1. The third-order valence-electron chi connectivity index (χ3n) is 3.17. The molecule has 3 nitrogen and oxygen atoms in total. The predicted octanol–water partition coefficient (Wildman–Crippen LogP) is 2.66. The monoisotopic (exact) mass is 265 g/mol. The number of nitrogens with one attached hydrogen (secondary N) is 1. The van der Waals surface area contributed by atoms with Crippen LogP contribution in [0.3, 0.4) is 0 Å². The molecule has 0 aromatic heterocycles. The summed E-state index contributed by atoms with van der Waals surface area (Å²) in [5.74, 6) is -0.0571. The summed E-state index contributed by atoms with van der Waals surface area (Å²) in [5, 5.41) is 2.85. The Bertz CT molecular complexity index is 385. The first kappa shape index (κ1) is 13.4. The first-order valence-corrected chi connectivity index (χ1v) is 6.89. The molecule has 0 saturated heterocycles. The molecule has 0 atom stereocenters. The van der Waals surface area contributed by atoms with Crippen LogP contribution in [0.4, 0.5) is 0 Å². The van der Waals surface area contributed by atoms with Gasteiger partial charge in [0.15, 0.2) is 0 Å². The summed E-state index contributed by atoms with van der Waals surface area (Å²) in [6.07, 6.45) is 5.28. The van der Waals surface area contributed by atoms with E-state index in [1.165, 1.54) is 12.8 Å². The molecular formula is C14H19NO2S. The molecule has 2 rings (SSSR count). The fourth-order valence-corrected chi connectivity index (χ4v) is 2.31. The number of hydrogen-bond acceptors (Lipinski definition) is 3. The van der Waals surface area contributed by atoms with E-state index in [-0.39, 0.29) is 5.91 Å². The maximum atomic E-state index is 11.8. The first-order valence-electron chi connectivity index (χ1n) is 6.44. The topological polar surface area (TPSA) is 38.3 Å². The van der Waals surface area contributed by atoms with Crippen LogP contribution in [-0.2, 0) is 4.74 Å². The molecule has 1 aliphatic carbocycles. The zero-order valence-electron chi connectivity index (χ0n) is 10.4. The summed E-state index contributed by atoms with van der Waals surface area (Å²) < 4.78 is 5.68. The Morgan fingerprint density at radius 1 is 1.28 bits per heavy atom. The minimum atomic E-state index is -0.0571. The van der Waals surface area contributed by atoms with Crippen LogP contribution in [0.15, 0.2) is 29.2 Å². The summed E-state index contributed by atoms with van der Waals surface area (Å²) in [5.41, 5.74) is 0.661. The SMILES string of the molecule is O=C(NCCOC1CCCC1)c1ccc(S)cc1. The Hall–Kier alpha value is -1.00. The van der Waals surface area contributed by atoms with Gasteiger partial charge in [-0.05, 0) is 37.1 Å². The van der Waals surface area contributed by atoms with Gasteiger partial charge in [-0.1, -0.05) is 12.8 Å². The fourth-order valence-electron chi connectivity index (χ4n) is 2.16. The van der Waals surface area contributed by atoms with Crippen LogP contribution in [0.2, 0.25) is 0 Å². The average Bonchev–Trinajstić information content (AvgIpc) is 2.88. The van der Waals surface area contributed by atoms with E-state index in [0.29, 0.717) is 24.8 Å². The van der Waals surface area contributed by atoms with Crippen LogP contribution in [0.1, 0.15) is 36.0 Å². The van der Waals surface area contributed by atoms with Crippen molar-refractivity contribution in [2.75, 3.05) is 13.2 Å². The van der Waals surface area contributed by atoms with Gasteiger partial charge in [0.25, 0.3) is 5.91 Å². The van der Waals surface area contributed by atoms with E-state index in [0.717, 1.165) is 17.7 Å². The third-order valence-corrected chi connectivity index (χ3v) is 3.47. The van der Waals surface area contributed by atoms with Gasteiger partial charge in [0.1, 0.15) is 0 Å². The van der Waals surface area contributed by atoms with Crippen molar-refractivity contribution in [3.05, 3.63) is 29.8 Å². The smallest absolute Gasteiger partial charge is 0.251 e. The Balaban J connectivity index is 1.66. The molecule has 1 amide bonds. The summed E-state index contributed by atoms with van der Waals surface area (Å²) in [7, 11) is 0. The molecule has 0 heterocycles. The van der Waals surface area contributed by atoms with Gasteiger partial charge < -0.3 is 10.1 Å². The molecule has 0 aliphatic heterocycles. The molecule has 18 heavy (non-hydrogen) atoms. The van der Waals surface area contributed by atoms with Crippen LogP contribution in [0, 0.1) is 0 Å². The number of carbonyl (C=O) groups excluding carboxylic acids is 1. The van der Waals surface area contributed by atoms with Crippen LogP contribution >= 0.6 is 12.6 Å². The van der Waals surface area contributed by atoms with Crippen LogP contribution < -0.4 is 5.32 Å². The van der Waals surface area contributed by atoms with Crippen molar-refractivity contribution < 1.29 is 9.53 Å². The normalized spacial score (nSPS) is 15.8. The van der Waals surface area contributed by atoms with Gasteiger partial charge in [0, 0.05) is 17.0 Å². The van der Waals surface area contributed by atoms with Crippen molar-refractivity contribution in [1.82, 2.24) is 5.32 Å². The Morgan fingerprint density at radius 3 is 2.61 bits per heavy atom. The number of carbonyl (C=O) groups is 1. The van der Waals surface area contributed by atoms with E-state index in [4.69, 9.17) is 4.74 Å². The molecule has 98 valence electrons. The number of rotatable bonds is 5. The molecule has 0 bridgehead atoms. The Labute approximate surface area is 113 Å². The van der Waals surface area contributed by atoms with Crippen molar-refractivity contribution in [1.29, 1.82) is 0 Å². The van der Waals surface area contributed by atoms with E-state index in [1.807, 2.05) is 12.1 Å². The van der Waals surface area contributed by atoms with Gasteiger partial charge in [-0.15, -0.1) is 12.6 Å². The molecule has 0 unspecified atom stereocenters. The molecule has 1 aliphatic rings. The van der Waals surface area contributed by atoms with Gasteiger partial charge in [-0.2, -0.15) is 0 Å². The highest BCUT2D eigenvalue weighted by atomic mass is 32.1. The van der Waals surface area contributed by atoms with Gasteiger partial charge >= 0.3 is 0 Å². The first-order chi connectivity index (χ1) is 8.75. The van der Waals surface area contributed by atoms with Gasteiger partial charge in [-0.3, -0.25) is 4.79 Å². The van der Waals surface area contributed by atoms with E-state index in [2.05, 4.69) is 17.9 Å². The molecule has 1 aromatic rings. The second-order valence-electron chi connectivity index (χ2n) is 4.58. The number of ether oxygens (including phenoxy) is 1. The second kappa shape index (κ2) is 6.81. The fraction of sp³-hybridized carbons (Fsp3) is 0.500. The summed E-state index contributed by atoms with van der Waals surface area (Å²) in [6.45, 7) is 1.17. The average molecular weight is 265 g/mol. The van der Waals surface area contributed by atoms with Gasteiger partial charge in [0.2, 0.25) is 0 Å². The number of benzene rings is 1. The van der Waals surface area contributed by atoms with Gasteiger partial charge in [-0.25, -0.2) is 0 Å². The minimum Gasteiger partial charge on any atom is -0.376 e. The summed E-state index contributed by atoms with van der Waals surface area (Å²) in [4.78, 5) is 12.6. The zero-order valence-corrected chi connectivity index (χ0v) is 11.3. The molecule has 1 saturated carbocycles. The maximum absolute atomic E-state index is 11.8. The lowest BCUT2D eigenvalue weighted by molar-refractivity contribution is 0.0582. The Kier molecular flexibility index (Phi) is 5.08. The van der Waals surface area contributed by atoms with Crippen molar-refractivity contribution >= 4 is 18.5 Å². The van der Waals surface area contributed by atoms with Crippen molar-refractivity contribution in [3.63, 3.8) is 0 Å². The summed E-state index contributed by atoms with van der Waals surface area (Å²) in [6, 6.07) is 7.17. The van der Waals surface area contributed by atoms with Crippen molar-refractivity contribution in [2.45, 2.75) is 36.7 Å². The largest absolute Gasteiger partial charge is 0.376 e. The van der Waals surface area contributed by atoms with Crippen LogP contribution in [0.25, 0.3) is 0 Å². The van der Waals surface area contributed by atoms with E-state index >= 15 is 0 Å². The molecular weight excluding hydrogens is 246 g/mol. The molecule has 4 heteroatoms. The highest BCUT2D eigenvalue weighted by molar-refractivity contribution is 7.80. The van der Waals surface area contributed by atoms with E-state index < -0.39 is 0 Å². The Morgan fingerprint density at radius 2 is 1.94 bits per heavy atom. The number of hydrogen-bond donors (Lipinski definition) is 2. The van der Waals surface area contributed by atoms with Crippen LogP contribution in [-0.4, -0.2) is 25.2 Å². The molecule has 1 N–H and O–H groups in total. The maximum Gasteiger partial charge on any atom is 0.251 e. The van der Waals surface area contributed by atoms with E-state index in [9.17, 15) is 4.79 Å². The van der Waals surface area contributed by atoms with E-state index in [1.54, 1.807) is 12.1 Å². The lowest BCUT2D eigenvalue weighted by Gasteiger charge is -2.11.